The molecule has 1 aromatic carbocycles. The number of rotatable bonds is 3. The maximum absolute atomic E-state index is 14.6. The first-order chi connectivity index (χ1) is 13.0. The van der Waals surface area contributed by atoms with Gasteiger partial charge in [-0.1, -0.05) is 23.7 Å². The van der Waals surface area contributed by atoms with E-state index in [0.29, 0.717) is 19.4 Å². The van der Waals surface area contributed by atoms with Crippen molar-refractivity contribution in [2.75, 3.05) is 19.6 Å². The van der Waals surface area contributed by atoms with Gasteiger partial charge in [-0.15, -0.1) is 10.2 Å². The van der Waals surface area contributed by atoms with Crippen molar-refractivity contribution in [2.45, 2.75) is 37.8 Å². The molecule has 2 aromatic rings. The highest BCUT2D eigenvalue weighted by Crippen LogP contribution is 2.35. The zero-order valence-electron chi connectivity index (χ0n) is 14.7. The molecule has 144 valence electrons. The number of hydrogen-bond acceptors (Lipinski definition) is 4. The van der Waals surface area contributed by atoms with E-state index in [2.05, 4.69) is 20.1 Å². The maximum Gasteiger partial charge on any atom is 0.350 e. The highest BCUT2D eigenvalue weighted by atomic mass is 35.5. The van der Waals surface area contributed by atoms with Gasteiger partial charge in [-0.05, 0) is 25.0 Å². The maximum atomic E-state index is 14.6. The summed E-state index contributed by atoms with van der Waals surface area (Å²) in [5.41, 5.74) is -0.374. The predicted molar refractivity (Wildman–Crippen MR) is 95.6 cm³/mol. The number of hydrogen-bond donors (Lipinski definition) is 1. The average Bonchev–Trinajstić information content (AvgIpc) is 3.12. The fourth-order valence-corrected chi connectivity index (χ4v) is 3.95. The molecule has 27 heavy (non-hydrogen) atoms. The number of alkyl halides is 2. The van der Waals surface area contributed by atoms with Crippen LogP contribution in [0.25, 0.3) is 0 Å². The number of nitrogens with zero attached hydrogens (tertiary/aromatic N) is 4. The van der Waals surface area contributed by atoms with Crippen LogP contribution in [-0.4, -0.2) is 45.2 Å². The van der Waals surface area contributed by atoms with Crippen LogP contribution in [0.15, 0.2) is 24.3 Å². The van der Waals surface area contributed by atoms with Crippen molar-refractivity contribution in [1.29, 1.82) is 0 Å². The largest absolute Gasteiger partial charge is 0.350 e. The van der Waals surface area contributed by atoms with Crippen molar-refractivity contribution in [3.8, 4) is 0 Å². The first-order valence-corrected chi connectivity index (χ1v) is 9.40. The van der Waals surface area contributed by atoms with Crippen LogP contribution in [0.1, 0.15) is 36.0 Å². The van der Waals surface area contributed by atoms with E-state index in [1.165, 1.54) is 23.1 Å². The number of amides is 1. The van der Waals surface area contributed by atoms with E-state index in [1.807, 2.05) is 0 Å². The van der Waals surface area contributed by atoms with Crippen LogP contribution in [0, 0.1) is 0 Å². The Bertz CT molecular complexity index is 848. The topological polar surface area (TPSA) is 63.1 Å². The van der Waals surface area contributed by atoms with Crippen LogP contribution in [-0.2, 0) is 23.8 Å². The molecule has 0 saturated carbocycles. The number of halogens is 3. The number of piperidine rings is 1. The highest BCUT2D eigenvalue weighted by Gasteiger charge is 2.45. The lowest BCUT2D eigenvalue weighted by Crippen LogP contribution is -2.45. The molecular weight excluding hydrogens is 376 g/mol. The van der Waals surface area contributed by atoms with E-state index in [-0.39, 0.29) is 29.6 Å². The van der Waals surface area contributed by atoms with Crippen LogP contribution < -0.4 is 5.32 Å². The number of fused-ring (bicyclic) bond motifs is 1. The van der Waals surface area contributed by atoms with Gasteiger partial charge in [0.2, 0.25) is 0 Å². The lowest BCUT2D eigenvalue weighted by atomic mass is 9.95. The second kappa shape index (κ2) is 7.16. The Hall–Kier alpha value is -2.06. The van der Waals surface area contributed by atoms with Gasteiger partial charge in [0.15, 0.2) is 0 Å². The summed E-state index contributed by atoms with van der Waals surface area (Å²) >= 11 is 5.80. The number of carbonyl (C=O) groups excluding carboxylic acids is 1. The summed E-state index contributed by atoms with van der Waals surface area (Å²) in [6, 6.07) is 5.30. The van der Waals surface area contributed by atoms with Gasteiger partial charge in [0, 0.05) is 42.7 Å². The average molecular weight is 396 g/mol. The fourth-order valence-electron chi connectivity index (χ4n) is 3.76. The van der Waals surface area contributed by atoms with Gasteiger partial charge < -0.3 is 14.8 Å². The van der Waals surface area contributed by atoms with Gasteiger partial charge in [0.25, 0.3) is 5.91 Å². The van der Waals surface area contributed by atoms with Gasteiger partial charge >= 0.3 is 5.92 Å². The third-order valence-electron chi connectivity index (χ3n) is 5.25. The lowest BCUT2D eigenvalue weighted by molar-refractivity contribution is -0.160. The first-order valence-electron chi connectivity index (χ1n) is 9.02. The van der Waals surface area contributed by atoms with Gasteiger partial charge in [-0.2, -0.15) is 8.78 Å². The zero-order chi connectivity index (χ0) is 19.0. The minimum atomic E-state index is -3.59. The van der Waals surface area contributed by atoms with Gasteiger partial charge in [0.05, 0.1) is 6.54 Å². The van der Waals surface area contributed by atoms with Crippen LogP contribution in [0.2, 0.25) is 5.02 Å². The monoisotopic (exact) mass is 395 g/mol. The molecule has 0 spiro atoms. The quantitative estimate of drug-likeness (QED) is 0.867. The molecule has 1 amide bonds. The van der Waals surface area contributed by atoms with Gasteiger partial charge in [0.1, 0.15) is 11.6 Å². The standard InChI is InChI=1S/C18H20ClF2N5O/c19-14-3-1-2-13(10-14)18(20,21)17(27)25-7-4-12(5-8-25)16-24-23-15-11-22-6-9-26(15)16/h1-3,10,12,22H,4-9,11H2. The Balaban J connectivity index is 1.44. The van der Waals surface area contributed by atoms with Crippen molar-refractivity contribution >= 4 is 17.5 Å². The van der Waals surface area contributed by atoms with E-state index < -0.39 is 11.8 Å². The Labute approximate surface area is 160 Å². The molecule has 1 aromatic heterocycles. The summed E-state index contributed by atoms with van der Waals surface area (Å²) in [6.07, 6.45) is 1.20. The lowest BCUT2D eigenvalue weighted by Gasteiger charge is -2.34. The number of nitrogens with one attached hydrogen (secondary N) is 1. The van der Waals surface area contributed by atoms with Crippen molar-refractivity contribution in [3.63, 3.8) is 0 Å². The molecular formula is C18H20ClF2N5O. The molecule has 0 bridgehead atoms. The molecule has 0 unspecified atom stereocenters. The second-order valence-electron chi connectivity index (χ2n) is 6.95. The van der Waals surface area contributed by atoms with E-state index in [4.69, 9.17) is 11.6 Å². The van der Waals surface area contributed by atoms with Crippen LogP contribution in [0.3, 0.4) is 0 Å². The Morgan fingerprint density at radius 3 is 2.74 bits per heavy atom. The molecule has 3 heterocycles. The second-order valence-corrected chi connectivity index (χ2v) is 7.39. The molecule has 1 saturated heterocycles. The summed E-state index contributed by atoms with van der Waals surface area (Å²) in [5.74, 6) is -2.82. The van der Waals surface area contributed by atoms with E-state index >= 15 is 0 Å². The van der Waals surface area contributed by atoms with E-state index in [9.17, 15) is 13.6 Å². The Kier molecular flexibility index (Phi) is 4.86. The number of carbonyl (C=O) groups is 1. The zero-order valence-corrected chi connectivity index (χ0v) is 15.4. The van der Waals surface area contributed by atoms with Crippen LogP contribution >= 0.6 is 11.6 Å². The molecule has 2 aliphatic heterocycles. The smallest absolute Gasteiger partial charge is 0.337 e. The molecule has 0 atom stereocenters. The molecule has 1 N–H and O–H groups in total. The molecule has 6 nitrogen and oxygen atoms in total. The van der Waals surface area contributed by atoms with E-state index in [0.717, 1.165) is 30.8 Å². The molecule has 2 aliphatic rings. The molecule has 0 aliphatic carbocycles. The first kappa shape index (κ1) is 18.3. The summed E-state index contributed by atoms with van der Waals surface area (Å²) in [6.45, 7) is 2.92. The molecule has 9 heteroatoms. The van der Waals surface area contributed by atoms with E-state index in [1.54, 1.807) is 0 Å². The predicted octanol–water partition coefficient (Wildman–Crippen LogP) is 2.53. The number of benzene rings is 1. The van der Waals surface area contributed by atoms with Crippen molar-refractivity contribution in [1.82, 2.24) is 25.0 Å². The Morgan fingerprint density at radius 1 is 1.22 bits per heavy atom. The van der Waals surface area contributed by atoms with Crippen molar-refractivity contribution < 1.29 is 13.6 Å². The summed E-state index contributed by atoms with van der Waals surface area (Å²) < 4.78 is 31.4. The fraction of sp³-hybridized carbons (Fsp3) is 0.500. The molecule has 0 radical (unpaired) electrons. The van der Waals surface area contributed by atoms with Crippen LogP contribution in [0.5, 0.6) is 0 Å². The Morgan fingerprint density at radius 2 is 2.00 bits per heavy atom. The SMILES string of the molecule is O=C(N1CCC(c2nnc3n2CCNC3)CC1)C(F)(F)c1cccc(Cl)c1. The summed E-state index contributed by atoms with van der Waals surface area (Å²) in [4.78, 5) is 13.7. The number of aromatic nitrogens is 3. The molecule has 1 fully saturated rings. The van der Waals surface area contributed by atoms with Gasteiger partial charge in [-0.3, -0.25) is 4.79 Å². The summed E-state index contributed by atoms with van der Waals surface area (Å²) in [7, 11) is 0. The van der Waals surface area contributed by atoms with Crippen molar-refractivity contribution in [2.24, 2.45) is 0 Å². The third kappa shape index (κ3) is 3.43. The van der Waals surface area contributed by atoms with Gasteiger partial charge in [-0.25, -0.2) is 0 Å². The minimum Gasteiger partial charge on any atom is -0.337 e. The molecule has 4 rings (SSSR count). The number of likely N-dealkylation sites (tertiary alicyclic amines) is 1. The third-order valence-corrected chi connectivity index (χ3v) is 5.49. The normalized spacial score (nSPS) is 18.4. The highest BCUT2D eigenvalue weighted by molar-refractivity contribution is 6.30. The summed E-state index contributed by atoms with van der Waals surface area (Å²) in [5, 5.41) is 11.9. The van der Waals surface area contributed by atoms with Crippen LogP contribution in [0.4, 0.5) is 8.78 Å². The minimum absolute atomic E-state index is 0.133. The van der Waals surface area contributed by atoms with Crippen molar-refractivity contribution in [3.05, 3.63) is 46.5 Å².